The summed E-state index contributed by atoms with van der Waals surface area (Å²) in [4.78, 5) is 7.97. The first-order valence-electron chi connectivity index (χ1n) is 4.80. The third-order valence-electron chi connectivity index (χ3n) is 2.02. The fraction of sp³-hybridized carbons (Fsp3) is 0.300. The first kappa shape index (κ1) is 10.1. The zero-order valence-corrected chi connectivity index (χ0v) is 9.15. The van der Waals surface area contributed by atoms with Crippen LogP contribution in [0.4, 0.5) is 0 Å². The summed E-state index contributed by atoms with van der Waals surface area (Å²) in [6, 6.07) is 1.73. The molecule has 2 aromatic heterocycles. The molecule has 0 aliphatic heterocycles. The first-order chi connectivity index (χ1) is 7.29. The van der Waals surface area contributed by atoms with Crippen LogP contribution >= 0.6 is 11.6 Å². The van der Waals surface area contributed by atoms with Gasteiger partial charge >= 0.3 is 0 Å². The van der Waals surface area contributed by atoms with Crippen molar-refractivity contribution in [3.8, 4) is 11.3 Å². The Morgan fingerprint density at radius 1 is 1.40 bits per heavy atom. The third kappa shape index (κ3) is 2.33. The van der Waals surface area contributed by atoms with Crippen molar-refractivity contribution in [3.63, 3.8) is 0 Å². The third-order valence-corrected chi connectivity index (χ3v) is 2.22. The molecule has 5 heteroatoms. The average Bonchev–Trinajstić information content (AvgIpc) is 2.67. The van der Waals surface area contributed by atoms with Gasteiger partial charge in [0.05, 0.1) is 11.9 Å². The molecule has 15 heavy (non-hydrogen) atoms. The van der Waals surface area contributed by atoms with Crippen LogP contribution in [0.15, 0.2) is 24.8 Å². The summed E-state index contributed by atoms with van der Waals surface area (Å²) < 4.78 is 1.89. The van der Waals surface area contributed by atoms with Crippen molar-refractivity contribution in [2.45, 2.75) is 19.9 Å². The molecule has 0 radical (unpaired) electrons. The molecule has 0 aromatic carbocycles. The molecule has 4 nitrogen and oxygen atoms in total. The minimum atomic E-state index is 0.447. The molecule has 0 amide bonds. The number of aryl methyl sites for hydroxylation is 1. The van der Waals surface area contributed by atoms with Gasteiger partial charge in [-0.05, 0) is 6.42 Å². The minimum absolute atomic E-state index is 0.447. The molecule has 0 atom stereocenters. The van der Waals surface area contributed by atoms with Gasteiger partial charge < -0.3 is 0 Å². The Hall–Kier alpha value is -1.42. The molecule has 0 aliphatic rings. The number of hydrogen-bond acceptors (Lipinski definition) is 3. The molecule has 0 aliphatic carbocycles. The van der Waals surface area contributed by atoms with E-state index in [0.29, 0.717) is 5.15 Å². The lowest BCUT2D eigenvalue weighted by Crippen LogP contribution is -1.95. The van der Waals surface area contributed by atoms with E-state index >= 15 is 0 Å². The van der Waals surface area contributed by atoms with Gasteiger partial charge in [-0.15, -0.1) is 0 Å². The van der Waals surface area contributed by atoms with Gasteiger partial charge in [-0.1, -0.05) is 18.5 Å². The van der Waals surface area contributed by atoms with Crippen LogP contribution in [0.1, 0.15) is 13.3 Å². The van der Waals surface area contributed by atoms with Gasteiger partial charge in [0.1, 0.15) is 11.5 Å². The van der Waals surface area contributed by atoms with Gasteiger partial charge in [-0.2, -0.15) is 5.10 Å². The quantitative estimate of drug-likeness (QED) is 0.749. The lowest BCUT2D eigenvalue weighted by molar-refractivity contribution is 0.603. The lowest BCUT2D eigenvalue weighted by atomic mass is 10.2. The molecular weight excluding hydrogens is 212 g/mol. The van der Waals surface area contributed by atoms with Gasteiger partial charge in [-0.25, -0.2) is 9.97 Å². The van der Waals surface area contributed by atoms with E-state index in [-0.39, 0.29) is 0 Å². The van der Waals surface area contributed by atoms with E-state index in [1.165, 1.54) is 6.33 Å². The molecule has 78 valence electrons. The van der Waals surface area contributed by atoms with E-state index in [2.05, 4.69) is 22.0 Å². The molecule has 0 spiro atoms. The smallest absolute Gasteiger partial charge is 0.133 e. The maximum Gasteiger partial charge on any atom is 0.133 e. The van der Waals surface area contributed by atoms with Crippen molar-refractivity contribution >= 4 is 11.6 Å². The summed E-state index contributed by atoms with van der Waals surface area (Å²) in [5.74, 6) is 0. The summed E-state index contributed by atoms with van der Waals surface area (Å²) in [6.07, 6.45) is 6.26. The minimum Gasteiger partial charge on any atom is -0.272 e. The molecule has 0 saturated heterocycles. The van der Waals surface area contributed by atoms with Crippen LogP contribution in [-0.2, 0) is 6.54 Å². The molecule has 0 bridgehead atoms. The molecule has 2 aromatic rings. The van der Waals surface area contributed by atoms with Gasteiger partial charge in [0.2, 0.25) is 0 Å². The van der Waals surface area contributed by atoms with E-state index in [9.17, 15) is 0 Å². The number of hydrogen-bond donors (Lipinski definition) is 0. The maximum absolute atomic E-state index is 5.78. The first-order valence-corrected chi connectivity index (χ1v) is 5.17. The van der Waals surface area contributed by atoms with Crippen molar-refractivity contribution < 1.29 is 0 Å². The fourth-order valence-electron chi connectivity index (χ4n) is 1.34. The molecule has 2 rings (SSSR count). The summed E-state index contributed by atoms with van der Waals surface area (Å²) >= 11 is 5.78. The predicted molar refractivity (Wildman–Crippen MR) is 58.6 cm³/mol. The number of aromatic nitrogens is 4. The van der Waals surface area contributed by atoms with Crippen LogP contribution in [0, 0.1) is 0 Å². The SMILES string of the molecule is CCCn1cc(-c2cc(Cl)ncn2)cn1. The zero-order chi connectivity index (χ0) is 10.7. The zero-order valence-electron chi connectivity index (χ0n) is 8.39. The molecule has 2 heterocycles. The molecule has 0 unspecified atom stereocenters. The topological polar surface area (TPSA) is 43.6 Å². The van der Waals surface area contributed by atoms with E-state index < -0.39 is 0 Å². The molecule has 0 N–H and O–H groups in total. The summed E-state index contributed by atoms with van der Waals surface area (Å²) in [7, 11) is 0. The second-order valence-electron chi connectivity index (χ2n) is 3.22. The van der Waals surface area contributed by atoms with Crippen molar-refractivity contribution in [1.29, 1.82) is 0 Å². The van der Waals surface area contributed by atoms with Crippen LogP contribution in [0.5, 0.6) is 0 Å². The monoisotopic (exact) mass is 222 g/mol. The summed E-state index contributed by atoms with van der Waals surface area (Å²) in [5.41, 5.74) is 1.77. The molecule has 0 fully saturated rings. The average molecular weight is 223 g/mol. The highest BCUT2D eigenvalue weighted by atomic mass is 35.5. The highest BCUT2D eigenvalue weighted by molar-refractivity contribution is 6.29. The molecule has 0 saturated carbocycles. The fourth-order valence-corrected chi connectivity index (χ4v) is 1.49. The second-order valence-corrected chi connectivity index (χ2v) is 3.61. The largest absolute Gasteiger partial charge is 0.272 e. The standard InChI is InChI=1S/C10H11ClN4/c1-2-3-15-6-8(5-14-15)9-4-10(11)13-7-12-9/h4-7H,2-3H2,1H3. The van der Waals surface area contributed by atoms with Crippen LogP contribution in [-0.4, -0.2) is 19.7 Å². The van der Waals surface area contributed by atoms with E-state index in [1.54, 1.807) is 12.3 Å². The van der Waals surface area contributed by atoms with Crippen LogP contribution in [0.2, 0.25) is 5.15 Å². The maximum atomic E-state index is 5.78. The van der Waals surface area contributed by atoms with E-state index in [0.717, 1.165) is 24.2 Å². The van der Waals surface area contributed by atoms with Crippen molar-refractivity contribution in [1.82, 2.24) is 19.7 Å². The van der Waals surface area contributed by atoms with Crippen molar-refractivity contribution in [3.05, 3.63) is 29.9 Å². The van der Waals surface area contributed by atoms with Crippen molar-refractivity contribution in [2.75, 3.05) is 0 Å². The predicted octanol–water partition coefficient (Wildman–Crippen LogP) is 2.40. The Balaban J connectivity index is 2.29. The second kappa shape index (κ2) is 4.40. The van der Waals surface area contributed by atoms with E-state index in [1.807, 2.05) is 10.9 Å². The van der Waals surface area contributed by atoms with Gasteiger partial charge in [0.15, 0.2) is 0 Å². The van der Waals surface area contributed by atoms with Crippen LogP contribution < -0.4 is 0 Å². The highest BCUT2D eigenvalue weighted by Crippen LogP contribution is 2.17. The Kier molecular flexibility index (Phi) is 2.97. The normalized spacial score (nSPS) is 10.5. The molecular formula is C10H11ClN4. The van der Waals surface area contributed by atoms with Crippen LogP contribution in [0.3, 0.4) is 0 Å². The number of rotatable bonds is 3. The Bertz CT molecular complexity index is 452. The number of nitrogens with zero attached hydrogens (tertiary/aromatic N) is 4. The summed E-state index contributed by atoms with van der Waals surface area (Å²) in [6.45, 7) is 3.03. The Morgan fingerprint density at radius 3 is 3.00 bits per heavy atom. The Labute approximate surface area is 92.9 Å². The van der Waals surface area contributed by atoms with Gasteiger partial charge in [0.25, 0.3) is 0 Å². The summed E-state index contributed by atoms with van der Waals surface area (Å²) in [5, 5.41) is 4.67. The van der Waals surface area contributed by atoms with Gasteiger partial charge in [-0.3, -0.25) is 4.68 Å². The van der Waals surface area contributed by atoms with Crippen molar-refractivity contribution in [2.24, 2.45) is 0 Å². The van der Waals surface area contributed by atoms with Gasteiger partial charge in [0, 0.05) is 24.4 Å². The lowest BCUT2D eigenvalue weighted by Gasteiger charge is -1.96. The highest BCUT2D eigenvalue weighted by Gasteiger charge is 2.03. The van der Waals surface area contributed by atoms with E-state index in [4.69, 9.17) is 11.6 Å². The number of halogens is 1. The van der Waals surface area contributed by atoms with Crippen LogP contribution in [0.25, 0.3) is 11.3 Å². The Morgan fingerprint density at radius 2 is 2.27 bits per heavy atom.